The van der Waals surface area contributed by atoms with Gasteiger partial charge in [-0.05, 0) is 38.6 Å². The highest BCUT2D eigenvalue weighted by molar-refractivity contribution is 5.33. The first kappa shape index (κ1) is 14.5. The molecule has 1 aliphatic heterocycles. The molecule has 3 heteroatoms. The third kappa shape index (κ3) is 3.35. The maximum Gasteiger partial charge on any atom is 0.0896 e. The van der Waals surface area contributed by atoms with Crippen molar-refractivity contribution in [2.45, 2.75) is 32.9 Å². The predicted molar refractivity (Wildman–Crippen MR) is 79.6 cm³/mol. The van der Waals surface area contributed by atoms with Crippen LogP contribution in [0.1, 0.15) is 29.7 Å². The number of aryl methyl sites for hydroxylation is 2. The molecule has 1 fully saturated rings. The molecule has 1 saturated heterocycles. The second-order valence-electron chi connectivity index (χ2n) is 5.50. The van der Waals surface area contributed by atoms with Gasteiger partial charge in [-0.25, -0.2) is 0 Å². The van der Waals surface area contributed by atoms with E-state index in [1.54, 1.807) is 0 Å². The van der Waals surface area contributed by atoms with E-state index in [4.69, 9.17) is 4.74 Å². The van der Waals surface area contributed by atoms with E-state index in [1.807, 2.05) is 0 Å². The molecule has 0 bridgehead atoms. The first-order valence-electron chi connectivity index (χ1n) is 7.23. The number of morpholine rings is 1. The van der Waals surface area contributed by atoms with Gasteiger partial charge in [-0.15, -0.1) is 0 Å². The Bertz CT molecular complexity index is 419. The van der Waals surface area contributed by atoms with Crippen LogP contribution < -0.4 is 5.32 Å². The Kier molecular flexibility index (Phi) is 4.97. The van der Waals surface area contributed by atoms with Crippen LogP contribution in [0.15, 0.2) is 18.2 Å². The molecule has 3 nitrogen and oxygen atoms in total. The molecule has 0 spiro atoms. The summed E-state index contributed by atoms with van der Waals surface area (Å²) in [5.41, 5.74) is 4.09. The monoisotopic (exact) mass is 262 g/mol. The van der Waals surface area contributed by atoms with Gasteiger partial charge in [0, 0.05) is 13.1 Å². The highest BCUT2D eigenvalue weighted by atomic mass is 16.5. The fourth-order valence-corrected chi connectivity index (χ4v) is 2.91. The van der Waals surface area contributed by atoms with Crippen LogP contribution in [0.4, 0.5) is 0 Å². The highest BCUT2D eigenvalue weighted by Gasteiger charge is 2.31. The van der Waals surface area contributed by atoms with Gasteiger partial charge < -0.3 is 10.1 Å². The molecule has 0 radical (unpaired) electrons. The van der Waals surface area contributed by atoms with Crippen molar-refractivity contribution in [2.24, 2.45) is 0 Å². The van der Waals surface area contributed by atoms with Crippen molar-refractivity contribution >= 4 is 0 Å². The van der Waals surface area contributed by atoms with Gasteiger partial charge in [0.05, 0.1) is 18.8 Å². The normalized spacial score (nSPS) is 24.6. The Hall–Kier alpha value is -0.900. The van der Waals surface area contributed by atoms with Crippen molar-refractivity contribution < 1.29 is 4.74 Å². The molecule has 1 heterocycles. The Labute approximate surface area is 116 Å². The van der Waals surface area contributed by atoms with Gasteiger partial charge in [-0.2, -0.15) is 0 Å². The van der Waals surface area contributed by atoms with Crippen molar-refractivity contribution in [2.75, 3.05) is 33.3 Å². The minimum absolute atomic E-state index is 0.236. The summed E-state index contributed by atoms with van der Waals surface area (Å²) < 4.78 is 6.00. The minimum atomic E-state index is 0.236. The van der Waals surface area contributed by atoms with Crippen molar-refractivity contribution in [3.8, 4) is 0 Å². The Morgan fingerprint density at radius 1 is 1.37 bits per heavy atom. The standard InChI is InChI=1S/C16H26N2O/c1-5-17-11-15-16(18(4)8-9-19-15)14-7-6-12(2)10-13(14)3/h6-7,10,15-17H,5,8-9,11H2,1-4H3. The van der Waals surface area contributed by atoms with Crippen LogP contribution in [-0.4, -0.2) is 44.3 Å². The van der Waals surface area contributed by atoms with Crippen LogP contribution >= 0.6 is 0 Å². The molecule has 1 N–H and O–H groups in total. The lowest BCUT2D eigenvalue weighted by molar-refractivity contribution is -0.0613. The molecular weight excluding hydrogens is 236 g/mol. The van der Waals surface area contributed by atoms with Crippen molar-refractivity contribution in [3.63, 3.8) is 0 Å². The maximum atomic E-state index is 6.00. The number of likely N-dealkylation sites (N-methyl/N-ethyl adjacent to an activating group) is 2. The lowest BCUT2D eigenvalue weighted by Gasteiger charge is -2.40. The molecule has 2 rings (SSSR count). The van der Waals surface area contributed by atoms with Crippen LogP contribution in [0, 0.1) is 13.8 Å². The predicted octanol–water partition coefficient (Wildman–Crippen LogP) is 2.28. The van der Waals surface area contributed by atoms with Gasteiger partial charge in [-0.1, -0.05) is 30.7 Å². The molecule has 106 valence electrons. The van der Waals surface area contributed by atoms with E-state index in [2.05, 4.69) is 56.2 Å². The summed E-state index contributed by atoms with van der Waals surface area (Å²) in [6.07, 6.45) is 0.236. The largest absolute Gasteiger partial charge is 0.374 e. The van der Waals surface area contributed by atoms with E-state index in [1.165, 1.54) is 16.7 Å². The zero-order valence-electron chi connectivity index (χ0n) is 12.6. The van der Waals surface area contributed by atoms with Crippen molar-refractivity contribution in [1.82, 2.24) is 10.2 Å². The molecule has 1 aliphatic rings. The van der Waals surface area contributed by atoms with Gasteiger partial charge in [0.15, 0.2) is 0 Å². The van der Waals surface area contributed by atoms with E-state index in [0.717, 1.165) is 26.2 Å². The molecule has 2 atom stereocenters. The zero-order valence-corrected chi connectivity index (χ0v) is 12.6. The van der Waals surface area contributed by atoms with E-state index in [9.17, 15) is 0 Å². The third-order valence-corrected chi connectivity index (χ3v) is 3.94. The fourth-order valence-electron chi connectivity index (χ4n) is 2.91. The van der Waals surface area contributed by atoms with E-state index in [0.29, 0.717) is 6.04 Å². The fraction of sp³-hybridized carbons (Fsp3) is 0.625. The average molecular weight is 262 g/mol. The lowest BCUT2D eigenvalue weighted by Crippen LogP contribution is -2.47. The molecule has 1 aromatic carbocycles. The maximum absolute atomic E-state index is 6.00. The molecule has 19 heavy (non-hydrogen) atoms. The number of hydrogen-bond donors (Lipinski definition) is 1. The average Bonchev–Trinajstić information content (AvgIpc) is 2.37. The highest BCUT2D eigenvalue weighted by Crippen LogP contribution is 2.30. The van der Waals surface area contributed by atoms with Crippen molar-refractivity contribution in [1.29, 1.82) is 0 Å². The first-order valence-corrected chi connectivity index (χ1v) is 7.23. The second kappa shape index (κ2) is 6.51. The van der Waals surface area contributed by atoms with Crippen LogP contribution in [0.25, 0.3) is 0 Å². The number of rotatable bonds is 4. The van der Waals surface area contributed by atoms with E-state index in [-0.39, 0.29) is 6.10 Å². The molecule has 1 aromatic rings. The second-order valence-corrected chi connectivity index (χ2v) is 5.50. The summed E-state index contributed by atoms with van der Waals surface area (Å²) in [6, 6.07) is 7.09. The summed E-state index contributed by atoms with van der Waals surface area (Å²) >= 11 is 0. The third-order valence-electron chi connectivity index (χ3n) is 3.94. The Balaban J connectivity index is 2.25. The SMILES string of the molecule is CCNCC1OCCN(C)C1c1ccc(C)cc1C. The lowest BCUT2D eigenvalue weighted by atomic mass is 9.93. The number of nitrogens with zero attached hydrogens (tertiary/aromatic N) is 1. The first-order chi connectivity index (χ1) is 9.13. The summed E-state index contributed by atoms with van der Waals surface area (Å²) in [5, 5.41) is 3.42. The minimum Gasteiger partial charge on any atom is -0.374 e. The van der Waals surface area contributed by atoms with Crippen LogP contribution in [-0.2, 0) is 4.74 Å². The summed E-state index contributed by atoms with van der Waals surface area (Å²) in [4.78, 5) is 2.42. The number of ether oxygens (including phenoxy) is 1. The van der Waals surface area contributed by atoms with Crippen LogP contribution in [0.5, 0.6) is 0 Å². The van der Waals surface area contributed by atoms with Gasteiger partial charge in [0.1, 0.15) is 0 Å². The molecule has 0 aromatic heterocycles. The molecule has 0 amide bonds. The smallest absolute Gasteiger partial charge is 0.0896 e. The summed E-state index contributed by atoms with van der Waals surface area (Å²) in [6.45, 7) is 10.2. The van der Waals surface area contributed by atoms with E-state index < -0.39 is 0 Å². The number of benzene rings is 1. The molecule has 2 unspecified atom stereocenters. The van der Waals surface area contributed by atoms with Gasteiger partial charge >= 0.3 is 0 Å². The zero-order chi connectivity index (χ0) is 13.8. The Morgan fingerprint density at radius 2 is 2.16 bits per heavy atom. The number of hydrogen-bond acceptors (Lipinski definition) is 3. The molecular formula is C16H26N2O. The molecule has 0 aliphatic carbocycles. The van der Waals surface area contributed by atoms with Gasteiger partial charge in [0.25, 0.3) is 0 Å². The van der Waals surface area contributed by atoms with Crippen molar-refractivity contribution in [3.05, 3.63) is 34.9 Å². The quantitative estimate of drug-likeness (QED) is 0.901. The summed E-state index contributed by atoms with van der Waals surface area (Å²) in [5.74, 6) is 0. The van der Waals surface area contributed by atoms with E-state index >= 15 is 0 Å². The number of nitrogens with one attached hydrogen (secondary N) is 1. The van der Waals surface area contributed by atoms with Gasteiger partial charge in [-0.3, -0.25) is 4.90 Å². The topological polar surface area (TPSA) is 24.5 Å². The Morgan fingerprint density at radius 3 is 2.84 bits per heavy atom. The van der Waals surface area contributed by atoms with Crippen LogP contribution in [0.2, 0.25) is 0 Å². The summed E-state index contributed by atoms with van der Waals surface area (Å²) in [7, 11) is 2.20. The molecule has 0 saturated carbocycles. The van der Waals surface area contributed by atoms with Gasteiger partial charge in [0.2, 0.25) is 0 Å². The van der Waals surface area contributed by atoms with Crippen LogP contribution in [0.3, 0.4) is 0 Å².